The zero-order valence-electron chi connectivity index (χ0n) is 5.45. The third-order valence-corrected chi connectivity index (χ3v) is 2.02. The fourth-order valence-electron chi connectivity index (χ4n) is 0.660. The van der Waals surface area contributed by atoms with Gasteiger partial charge >= 0.3 is 51.4 Å². The second kappa shape index (κ2) is 7.85. The van der Waals surface area contributed by atoms with Crippen LogP contribution in [0.4, 0.5) is 0 Å². The van der Waals surface area contributed by atoms with Gasteiger partial charge in [-0.3, -0.25) is 0 Å². The Kier molecular flexibility index (Phi) is 8.73. The summed E-state index contributed by atoms with van der Waals surface area (Å²) >= 11 is 6.21. The molecule has 1 aromatic heterocycles. The molecule has 0 aromatic carbocycles. The Balaban J connectivity index is 0.000001000. The van der Waals surface area contributed by atoms with Gasteiger partial charge in [-0.2, -0.15) is 11.3 Å². The van der Waals surface area contributed by atoms with Gasteiger partial charge in [0.15, 0.2) is 0 Å². The van der Waals surface area contributed by atoms with Gasteiger partial charge in [0.25, 0.3) is 0 Å². The molecule has 0 aliphatic heterocycles. The van der Waals surface area contributed by atoms with Crippen LogP contribution in [0.1, 0.15) is 5.56 Å². The third-order valence-electron chi connectivity index (χ3n) is 1.16. The molecule has 0 radical (unpaired) electrons. The molecule has 0 atom stereocenters. The summed E-state index contributed by atoms with van der Waals surface area (Å²) in [6.45, 7) is 0.695. The van der Waals surface area contributed by atoms with Crippen molar-refractivity contribution in [3.05, 3.63) is 22.4 Å². The van der Waals surface area contributed by atoms with Crippen LogP contribution in [-0.2, 0) is 11.2 Å². The minimum atomic E-state index is 0. The molecule has 1 heterocycles. The second-order valence-corrected chi connectivity index (χ2v) is 2.82. The quantitative estimate of drug-likeness (QED) is 0.426. The predicted octanol–water partition coefficient (Wildman–Crippen LogP) is 1.62. The van der Waals surface area contributed by atoms with Crippen molar-refractivity contribution in [3.63, 3.8) is 0 Å². The van der Waals surface area contributed by atoms with Crippen molar-refractivity contribution in [3.8, 4) is 0 Å². The molecule has 0 fully saturated rings. The molecular weight excluding hydrogens is 203 g/mol. The molecule has 1 nitrogen and oxygen atoms in total. The molecular formula is C7H9KOS2. The molecule has 56 valence electrons. The molecule has 0 unspecified atom stereocenters. The first-order valence-corrected chi connectivity index (χ1v) is 4.41. The van der Waals surface area contributed by atoms with Crippen LogP contribution in [0, 0.1) is 0 Å². The fourth-order valence-corrected chi connectivity index (χ4v) is 1.46. The van der Waals surface area contributed by atoms with Crippen LogP contribution in [-0.4, -0.2) is 63.5 Å². The van der Waals surface area contributed by atoms with E-state index in [2.05, 4.69) is 29.0 Å². The number of thiocarbonyl (C=S) groups is 1. The van der Waals surface area contributed by atoms with Crippen molar-refractivity contribution in [2.24, 2.45) is 0 Å². The average molecular weight is 212 g/mol. The zero-order chi connectivity index (χ0) is 7.23. The summed E-state index contributed by atoms with van der Waals surface area (Å²) < 4.78 is 4.90. The van der Waals surface area contributed by atoms with Gasteiger partial charge in [-0.25, -0.2) is 0 Å². The van der Waals surface area contributed by atoms with E-state index in [1.165, 1.54) is 11.1 Å². The Hall–Kier alpha value is 1.23. The average Bonchev–Trinajstić information content (AvgIpc) is 2.41. The molecule has 1 aromatic rings. The van der Waals surface area contributed by atoms with Crippen molar-refractivity contribution in [2.45, 2.75) is 6.42 Å². The Labute approximate surface area is 119 Å². The normalized spacial score (nSPS) is 8.36. The number of rotatable bonds is 4. The molecule has 0 saturated heterocycles. The van der Waals surface area contributed by atoms with Crippen LogP contribution in [0.5, 0.6) is 0 Å². The van der Waals surface area contributed by atoms with Crippen molar-refractivity contribution >= 4 is 80.5 Å². The molecule has 11 heavy (non-hydrogen) atoms. The minimum absolute atomic E-state index is 0. The van der Waals surface area contributed by atoms with Gasteiger partial charge in [0.1, 0.15) is 5.55 Å². The predicted molar refractivity (Wildman–Crippen MR) is 54.8 cm³/mol. The Morgan fingerprint density at radius 3 is 3.00 bits per heavy atom. The van der Waals surface area contributed by atoms with Crippen LogP contribution in [0.2, 0.25) is 0 Å². The van der Waals surface area contributed by atoms with Crippen LogP contribution in [0.3, 0.4) is 0 Å². The van der Waals surface area contributed by atoms with Crippen molar-refractivity contribution < 1.29 is 4.74 Å². The maximum atomic E-state index is 4.90. The van der Waals surface area contributed by atoms with Crippen LogP contribution in [0.25, 0.3) is 0 Å². The molecule has 0 saturated carbocycles. The first-order valence-electron chi connectivity index (χ1n) is 3.00. The summed E-state index contributed by atoms with van der Waals surface area (Å²) in [5, 5.41) is 4.18. The van der Waals surface area contributed by atoms with E-state index in [0.717, 1.165) is 6.42 Å². The Morgan fingerprint density at radius 2 is 2.45 bits per heavy atom. The number of hydrogen-bond acceptors (Lipinski definition) is 3. The Morgan fingerprint density at radius 1 is 1.64 bits per heavy atom. The van der Waals surface area contributed by atoms with E-state index in [0.29, 0.717) is 6.61 Å². The molecule has 0 spiro atoms. The SMILES string of the molecule is S=COCCc1ccsc1.[KH]. The van der Waals surface area contributed by atoms with E-state index in [1.54, 1.807) is 11.3 Å². The number of hydrogen-bond donors (Lipinski definition) is 0. The van der Waals surface area contributed by atoms with E-state index in [1.807, 2.05) is 0 Å². The van der Waals surface area contributed by atoms with Gasteiger partial charge in [-0.15, -0.1) is 0 Å². The summed E-state index contributed by atoms with van der Waals surface area (Å²) in [5.74, 6) is 0. The molecule has 0 aliphatic rings. The van der Waals surface area contributed by atoms with E-state index in [-0.39, 0.29) is 51.4 Å². The van der Waals surface area contributed by atoms with Gasteiger partial charge < -0.3 is 4.74 Å². The fraction of sp³-hybridized carbons (Fsp3) is 0.286. The summed E-state index contributed by atoms with van der Waals surface area (Å²) in [5.41, 5.74) is 2.63. The third kappa shape index (κ3) is 5.46. The van der Waals surface area contributed by atoms with Gasteiger partial charge in [-0.05, 0) is 34.6 Å². The van der Waals surface area contributed by atoms with E-state index >= 15 is 0 Å². The number of thiophene rings is 1. The zero-order valence-corrected chi connectivity index (χ0v) is 7.08. The van der Waals surface area contributed by atoms with Crippen molar-refractivity contribution in [2.75, 3.05) is 6.61 Å². The van der Waals surface area contributed by atoms with E-state index in [9.17, 15) is 0 Å². The molecule has 1 rings (SSSR count). The summed E-state index contributed by atoms with van der Waals surface area (Å²) in [7, 11) is 0. The van der Waals surface area contributed by atoms with Crippen molar-refractivity contribution in [1.82, 2.24) is 0 Å². The summed E-state index contributed by atoms with van der Waals surface area (Å²) in [6.07, 6.45) is 0.955. The first kappa shape index (κ1) is 12.2. The molecule has 4 heteroatoms. The standard InChI is InChI=1S/C7H8OS2.K.H/c9-6-8-3-1-7-2-4-10-5-7;;/h2,4-6H,1,3H2;;. The molecule has 0 amide bonds. The molecule has 0 aliphatic carbocycles. The summed E-state index contributed by atoms with van der Waals surface area (Å²) in [6, 6.07) is 2.09. The van der Waals surface area contributed by atoms with Crippen LogP contribution < -0.4 is 0 Å². The molecule has 0 bridgehead atoms. The van der Waals surface area contributed by atoms with Gasteiger partial charge in [0, 0.05) is 6.42 Å². The van der Waals surface area contributed by atoms with Crippen LogP contribution in [0.15, 0.2) is 16.8 Å². The Bertz CT molecular complexity index is 186. The molecule has 0 N–H and O–H groups in total. The van der Waals surface area contributed by atoms with Gasteiger partial charge in [-0.1, -0.05) is 0 Å². The van der Waals surface area contributed by atoms with Gasteiger partial charge in [0.2, 0.25) is 0 Å². The monoisotopic (exact) mass is 212 g/mol. The maximum absolute atomic E-state index is 4.90. The second-order valence-electron chi connectivity index (χ2n) is 1.85. The summed E-state index contributed by atoms with van der Waals surface area (Å²) in [4.78, 5) is 0. The van der Waals surface area contributed by atoms with Gasteiger partial charge in [0.05, 0.1) is 6.61 Å². The number of ether oxygens (including phenoxy) is 1. The van der Waals surface area contributed by atoms with Crippen molar-refractivity contribution in [1.29, 1.82) is 0 Å². The first-order chi connectivity index (χ1) is 4.93. The van der Waals surface area contributed by atoms with E-state index in [4.69, 9.17) is 4.74 Å². The van der Waals surface area contributed by atoms with E-state index < -0.39 is 0 Å². The van der Waals surface area contributed by atoms with Crippen LogP contribution >= 0.6 is 23.6 Å². The topological polar surface area (TPSA) is 9.23 Å².